The van der Waals surface area contributed by atoms with E-state index in [1.807, 2.05) is 32.0 Å². The molecule has 0 aromatic heterocycles. The Morgan fingerprint density at radius 3 is 2.53 bits per heavy atom. The van der Waals surface area contributed by atoms with E-state index in [1.165, 1.54) is 11.8 Å². The van der Waals surface area contributed by atoms with E-state index in [2.05, 4.69) is 5.32 Å². The maximum absolute atomic E-state index is 11.7. The summed E-state index contributed by atoms with van der Waals surface area (Å²) in [7, 11) is 1.60. The summed E-state index contributed by atoms with van der Waals surface area (Å²) in [5, 5.41) is 2.80. The van der Waals surface area contributed by atoms with Crippen LogP contribution in [0, 0.1) is 13.8 Å². The smallest absolute Gasteiger partial charge is 0.243 e. The van der Waals surface area contributed by atoms with Gasteiger partial charge in [0, 0.05) is 19.7 Å². The molecule has 0 atom stereocenters. The molecule has 0 saturated heterocycles. The van der Waals surface area contributed by atoms with Crippen LogP contribution >= 0.6 is 0 Å². The number of amides is 2. The molecule has 4 heteroatoms. The topological polar surface area (TPSA) is 49.4 Å². The van der Waals surface area contributed by atoms with Gasteiger partial charge in [-0.2, -0.15) is 0 Å². The molecule has 0 heterocycles. The molecule has 0 spiro atoms. The van der Waals surface area contributed by atoms with Gasteiger partial charge in [0.1, 0.15) is 0 Å². The molecule has 1 rings (SSSR count). The Hall–Kier alpha value is -1.84. The van der Waals surface area contributed by atoms with Crippen LogP contribution in [0.5, 0.6) is 0 Å². The van der Waals surface area contributed by atoms with Crippen LogP contribution < -0.4 is 5.32 Å². The molecule has 1 aromatic rings. The first kappa shape index (κ1) is 13.2. The molecule has 0 radical (unpaired) electrons. The Balaban J connectivity index is 2.68. The van der Waals surface area contributed by atoms with Gasteiger partial charge in [0.2, 0.25) is 11.8 Å². The standard InChI is InChI=1S/C13H18N2O2/c1-9-5-6-10(2)12(7-9)14-13(17)8-15(4)11(3)16/h5-7H,8H2,1-4H3,(H,14,17). The van der Waals surface area contributed by atoms with Crippen molar-refractivity contribution in [1.29, 1.82) is 0 Å². The van der Waals surface area contributed by atoms with Crippen LogP contribution in [0.1, 0.15) is 18.1 Å². The number of hydrogen-bond acceptors (Lipinski definition) is 2. The van der Waals surface area contributed by atoms with E-state index in [0.717, 1.165) is 16.8 Å². The zero-order valence-electron chi connectivity index (χ0n) is 10.7. The van der Waals surface area contributed by atoms with Gasteiger partial charge in [0.05, 0.1) is 6.54 Å². The number of likely N-dealkylation sites (N-methyl/N-ethyl adjacent to an activating group) is 1. The van der Waals surface area contributed by atoms with Crippen LogP contribution in [0.3, 0.4) is 0 Å². The number of nitrogens with one attached hydrogen (secondary N) is 1. The van der Waals surface area contributed by atoms with Crippen LogP contribution in [0.2, 0.25) is 0 Å². The number of hydrogen-bond donors (Lipinski definition) is 1. The van der Waals surface area contributed by atoms with E-state index in [9.17, 15) is 9.59 Å². The minimum absolute atomic E-state index is 0.0721. The van der Waals surface area contributed by atoms with Gasteiger partial charge >= 0.3 is 0 Å². The minimum Gasteiger partial charge on any atom is -0.337 e. The average Bonchev–Trinajstić information content (AvgIpc) is 2.23. The van der Waals surface area contributed by atoms with Gasteiger partial charge in [0.25, 0.3) is 0 Å². The number of benzene rings is 1. The molecule has 0 unspecified atom stereocenters. The van der Waals surface area contributed by atoms with E-state index >= 15 is 0 Å². The highest BCUT2D eigenvalue weighted by molar-refractivity contribution is 5.94. The van der Waals surface area contributed by atoms with Crippen LogP contribution in [0.15, 0.2) is 18.2 Å². The maximum atomic E-state index is 11.7. The fraction of sp³-hybridized carbons (Fsp3) is 0.385. The molecule has 0 aliphatic carbocycles. The third kappa shape index (κ3) is 3.90. The molecule has 0 bridgehead atoms. The number of carbonyl (C=O) groups is 2. The summed E-state index contributed by atoms with van der Waals surface area (Å²) in [5.41, 5.74) is 2.90. The second-order valence-electron chi connectivity index (χ2n) is 4.24. The van der Waals surface area contributed by atoms with Gasteiger partial charge in [0.15, 0.2) is 0 Å². The molecule has 0 fully saturated rings. The Kier molecular flexibility index (Phi) is 4.26. The van der Waals surface area contributed by atoms with Gasteiger partial charge in [-0.3, -0.25) is 9.59 Å². The van der Waals surface area contributed by atoms with Crippen molar-refractivity contribution in [2.24, 2.45) is 0 Å². The van der Waals surface area contributed by atoms with E-state index < -0.39 is 0 Å². The molecule has 92 valence electrons. The molecular formula is C13H18N2O2. The highest BCUT2D eigenvalue weighted by atomic mass is 16.2. The number of aryl methyl sites for hydroxylation is 2. The van der Waals surface area contributed by atoms with Crippen LogP contribution in [0.4, 0.5) is 5.69 Å². The van der Waals surface area contributed by atoms with Gasteiger partial charge in [-0.05, 0) is 31.0 Å². The molecule has 0 saturated carbocycles. The fourth-order valence-corrected chi connectivity index (χ4v) is 1.39. The van der Waals surface area contributed by atoms with Crippen LogP contribution in [0.25, 0.3) is 0 Å². The van der Waals surface area contributed by atoms with Crippen molar-refractivity contribution in [3.8, 4) is 0 Å². The lowest BCUT2D eigenvalue weighted by Crippen LogP contribution is -2.33. The van der Waals surface area contributed by atoms with E-state index in [1.54, 1.807) is 7.05 Å². The average molecular weight is 234 g/mol. The van der Waals surface area contributed by atoms with Gasteiger partial charge in [-0.15, -0.1) is 0 Å². The lowest BCUT2D eigenvalue weighted by Gasteiger charge is -2.15. The monoisotopic (exact) mass is 234 g/mol. The third-order valence-corrected chi connectivity index (χ3v) is 2.59. The summed E-state index contributed by atoms with van der Waals surface area (Å²) in [6, 6.07) is 5.87. The van der Waals surface area contributed by atoms with E-state index in [-0.39, 0.29) is 18.4 Å². The van der Waals surface area contributed by atoms with Gasteiger partial charge in [-0.25, -0.2) is 0 Å². The first-order chi connectivity index (χ1) is 7.90. The maximum Gasteiger partial charge on any atom is 0.243 e. The van der Waals surface area contributed by atoms with Crippen molar-refractivity contribution in [2.75, 3.05) is 18.9 Å². The van der Waals surface area contributed by atoms with E-state index in [4.69, 9.17) is 0 Å². The Bertz CT molecular complexity index is 441. The summed E-state index contributed by atoms with van der Waals surface area (Å²) in [5.74, 6) is -0.308. The second kappa shape index (κ2) is 5.48. The molecule has 4 nitrogen and oxygen atoms in total. The summed E-state index contributed by atoms with van der Waals surface area (Å²) in [6.45, 7) is 5.41. The van der Waals surface area contributed by atoms with Crippen molar-refractivity contribution >= 4 is 17.5 Å². The van der Waals surface area contributed by atoms with Gasteiger partial charge in [-0.1, -0.05) is 12.1 Å². The van der Waals surface area contributed by atoms with Crippen molar-refractivity contribution in [2.45, 2.75) is 20.8 Å². The Morgan fingerprint density at radius 2 is 1.94 bits per heavy atom. The molecule has 17 heavy (non-hydrogen) atoms. The summed E-state index contributed by atoms with van der Waals surface area (Å²) in [6.07, 6.45) is 0. The summed E-state index contributed by atoms with van der Waals surface area (Å²) >= 11 is 0. The molecule has 0 aliphatic heterocycles. The summed E-state index contributed by atoms with van der Waals surface area (Å²) in [4.78, 5) is 24.1. The first-order valence-corrected chi connectivity index (χ1v) is 5.49. The lowest BCUT2D eigenvalue weighted by molar-refractivity contribution is -0.131. The highest BCUT2D eigenvalue weighted by Gasteiger charge is 2.10. The van der Waals surface area contributed by atoms with Crippen molar-refractivity contribution in [3.63, 3.8) is 0 Å². The number of anilines is 1. The van der Waals surface area contributed by atoms with Crippen molar-refractivity contribution in [1.82, 2.24) is 4.90 Å². The molecule has 1 N–H and O–H groups in total. The van der Waals surface area contributed by atoms with Crippen LogP contribution in [-0.2, 0) is 9.59 Å². The second-order valence-corrected chi connectivity index (χ2v) is 4.24. The lowest BCUT2D eigenvalue weighted by atomic mass is 10.1. The third-order valence-electron chi connectivity index (χ3n) is 2.59. The SMILES string of the molecule is CC(=O)N(C)CC(=O)Nc1cc(C)ccc1C. The fourth-order valence-electron chi connectivity index (χ4n) is 1.39. The highest BCUT2D eigenvalue weighted by Crippen LogP contribution is 2.16. The molecular weight excluding hydrogens is 216 g/mol. The molecule has 1 aromatic carbocycles. The molecule has 2 amide bonds. The summed E-state index contributed by atoms with van der Waals surface area (Å²) < 4.78 is 0. The van der Waals surface area contributed by atoms with E-state index in [0.29, 0.717) is 0 Å². The van der Waals surface area contributed by atoms with Crippen LogP contribution in [-0.4, -0.2) is 30.3 Å². The normalized spacial score (nSPS) is 9.88. The predicted octanol–water partition coefficient (Wildman–Crippen LogP) is 1.72. The number of nitrogens with zero attached hydrogens (tertiary/aromatic N) is 1. The zero-order chi connectivity index (χ0) is 13.0. The van der Waals surface area contributed by atoms with Gasteiger partial charge < -0.3 is 10.2 Å². The zero-order valence-corrected chi connectivity index (χ0v) is 10.7. The largest absolute Gasteiger partial charge is 0.337 e. The van der Waals surface area contributed by atoms with Crippen molar-refractivity contribution < 1.29 is 9.59 Å². The first-order valence-electron chi connectivity index (χ1n) is 5.49. The predicted molar refractivity (Wildman–Crippen MR) is 67.9 cm³/mol. The van der Waals surface area contributed by atoms with Crippen molar-refractivity contribution in [3.05, 3.63) is 29.3 Å². The number of carbonyl (C=O) groups excluding carboxylic acids is 2. The Labute approximate surface area is 102 Å². The Morgan fingerprint density at radius 1 is 1.29 bits per heavy atom. The minimum atomic E-state index is -0.184. The quantitative estimate of drug-likeness (QED) is 0.865. The number of rotatable bonds is 3. The molecule has 0 aliphatic rings.